The lowest BCUT2D eigenvalue weighted by molar-refractivity contribution is 0.511. The summed E-state index contributed by atoms with van der Waals surface area (Å²) in [5.74, 6) is 0. The highest BCUT2D eigenvalue weighted by Gasteiger charge is 2.38. The number of hydrogen-bond acceptors (Lipinski definition) is 0. The number of rotatable bonds is 6. The topological polar surface area (TPSA) is 0 Å². The van der Waals surface area contributed by atoms with Gasteiger partial charge in [0.05, 0.1) is 0 Å². The van der Waals surface area contributed by atoms with Gasteiger partial charge < -0.3 is 0 Å². The molecule has 0 N–H and O–H groups in total. The number of hydrogen-bond donors (Lipinski definition) is 0. The second-order valence-electron chi connectivity index (χ2n) is 9.36. The first-order valence-corrected chi connectivity index (χ1v) is 13.6. The average Bonchev–Trinajstić information content (AvgIpc) is 2.45. The zero-order valence-corrected chi connectivity index (χ0v) is 20.1. The summed E-state index contributed by atoms with van der Waals surface area (Å²) in [7, 11) is 3.15. The Kier molecular flexibility index (Phi) is 6.69. The van der Waals surface area contributed by atoms with E-state index >= 15 is 0 Å². The zero-order chi connectivity index (χ0) is 18.3. The van der Waals surface area contributed by atoms with E-state index in [4.69, 9.17) is 0 Å². The molecule has 1 aliphatic rings. The summed E-state index contributed by atoms with van der Waals surface area (Å²) < 4.78 is 0. The first-order valence-electron chi connectivity index (χ1n) is 9.17. The van der Waals surface area contributed by atoms with E-state index in [0.717, 1.165) is 0 Å². The van der Waals surface area contributed by atoms with Gasteiger partial charge in [-0.05, 0) is 58.9 Å². The van der Waals surface area contributed by atoms with Crippen molar-refractivity contribution in [2.45, 2.75) is 81.6 Å². The average molecular weight is 372 g/mol. The van der Waals surface area contributed by atoms with E-state index in [-0.39, 0.29) is 0 Å². The van der Waals surface area contributed by atoms with Crippen LogP contribution in [0.5, 0.6) is 0 Å². The highest BCUT2D eigenvalue weighted by Crippen LogP contribution is 2.62. The van der Waals surface area contributed by atoms with Crippen molar-refractivity contribution in [3.63, 3.8) is 0 Å². The standard InChI is InChI=1S/C20H39P3/c1-12-18(4,5)15-21-16(19(6,7)13-2)23(10,11)17(22-15)20(8,9)14-3/h12-14H2,1-11H3. The third-order valence-corrected chi connectivity index (χ3v) is 16.7. The highest BCUT2D eigenvalue weighted by molar-refractivity contribution is 8.10. The predicted molar refractivity (Wildman–Crippen MR) is 120 cm³/mol. The van der Waals surface area contributed by atoms with Gasteiger partial charge in [-0.2, -0.15) is 0 Å². The molecule has 0 radical (unpaired) electrons. The summed E-state index contributed by atoms with van der Waals surface area (Å²) >= 11 is 0. The van der Waals surface area contributed by atoms with Gasteiger partial charge in [0.2, 0.25) is 0 Å². The first-order chi connectivity index (χ1) is 10.3. The van der Waals surface area contributed by atoms with Crippen LogP contribution in [0, 0.1) is 16.2 Å². The fraction of sp³-hybridized carbons (Fsp3) is 0.850. The van der Waals surface area contributed by atoms with Crippen LogP contribution in [0.15, 0.2) is 0 Å². The van der Waals surface area contributed by atoms with Crippen LogP contribution in [0.25, 0.3) is 0 Å². The van der Waals surface area contributed by atoms with E-state index in [9.17, 15) is 0 Å². The van der Waals surface area contributed by atoms with Gasteiger partial charge in [-0.3, -0.25) is 0 Å². The van der Waals surface area contributed by atoms with E-state index in [1.54, 1.807) is 21.4 Å². The summed E-state index contributed by atoms with van der Waals surface area (Å²) in [4.78, 5) is 0. The van der Waals surface area contributed by atoms with Crippen LogP contribution in [0.1, 0.15) is 81.6 Å². The molecule has 0 atom stereocenters. The predicted octanol–water partition coefficient (Wildman–Crippen LogP) is 7.87. The van der Waals surface area contributed by atoms with Crippen LogP contribution < -0.4 is 0 Å². The van der Waals surface area contributed by atoms with Crippen molar-refractivity contribution < 1.29 is 0 Å². The molecule has 0 nitrogen and oxygen atoms in total. The van der Waals surface area contributed by atoms with Crippen molar-refractivity contribution >= 4 is 38.4 Å². The molecule has 0 unspecified atom stereocenters. The second-order valence-corrected chi connectivity index (χ2v) is 16.5. The lowest BCUT2D eigenvalue weighted by Crippen LogP contribution is -2.32. The Morgan fingerprint density at radius 1 is 0.696 bits per heavy atom. The first kappa shape index (κ1) is 21.7. The summed E-state index contributed by atoms with van der Waals surface area (Å²) in [6.07, 6.45) is 3.73. The molecule has 3 heteroatoms. The van der Waals surface area contributed by atoms with Crippen molar-refractivity contribution in [1.82, 2.24) is 0 Å². The van der Waals surface area contributed by atoms with Crippen LogP contribution in [0.2, 0.25) is 0 Å². The van der Waals surface area contributed by atoms with Gasteiger partial charge in [-0.15, -0.1) is 0 Å². The molecule has 23 heavy (non-hydrogen) atoms. The van der Waals surface area contributed by atoms with Crippen LogP contribution in [0.3, 0.4) is 0 Å². The third kappa shape index (κ3) is 4.25. The molecule has 0 saturated carbocycles. The Morgan fingerprint density at radius 2 is 1.13 bits per heavy atom. The lowest BCUT2D eigenvalue weighted by atomic mass is 9.92. The quantitative estimate of drug-likeness (QED) is 0.416. The molecule has 0 spiro atoms. The molecule has 134 valence electrons. The molecule has 0 amide bonds. The van der Waals surface area contributed by atoms with Gasteiger partial charge in [0.25, 0.3) is 0 Å². The van der Waals surface area contributed by atoms with Crippen LogP contribution in [-0.2, 0) is 0 Å². The molecule has 0 bridgehead atoms. The van der Waals surface area contributed by atoms with Crippen molar-refractivity contribution in [1.29, 1.82) is 0 Å². The molecule has 0 saturated heterocycles. The SMILES string of the molecule is CCC(C)(C)C1=PC(C(C)(C)CC)=P(C)(C)C(C(C)(C)CC)=P1. The maximum Gasteiger partial charge on any atom is 0.0129 e. The largest absolute Gasteiger partial charge is 0.0736 e. The van der Waals surface area contributed by atoms with E-state index in [0.29, 0.717) is 16.2 Å². The summed E-state index contributed by atoms with van der Waals surface area (Å²) in [5, 5.41) is 5.44. The van der Waals surface area contributed by atoms with E-state index in [1.807, 2.05) is 10.1 Å². The van der Waals surface area contributed by atoms with Crippen LogP contribution >= 0.6 is 23.3 Å². The minimum Gasteiger partial charge on any atom is -0.0736 e. The summed E-state index contributed by atoms with van der Waals surface area (Å²) in [5.41, 5.74) is 1.03. The molecule has 1 rings (SSSR count). The molecule has 0 aromatic rings. The van der Waals surface area contributed by atoms with Gasteiger partial charge in [-0.1, -0.05) is 85.6 Å². The van der Waals surface area contributed by atoms with E-state index in [2.05, 4.69) is 75.6 Å². The minimum absolute atomic E-state index is 0.341. The Hall–Kier alpha value is 0.640. The smallest absolute Gasteiger partial charge is 0.0129 e. The van der Waals surface area contributed by atoms with Gasteiger partial charge in [0.15, 0.2) is 0 Å². The van der Waals surface area contributed by atoms with Crippen molar-refractivity contribution in [3.8, 4) is 0 Å². The second kappa shape index (κ2) is 7.10. The molecule has 0 fully saturated rings. The summed E-state index contributed by atoms with van der Waals surface area (Å²) in [6, 6.07) is 0. The molecule has 0 aliphatic carbocycles. The molecular formula is C20H39P3. The Balaban J connectivity index is 3.79. The van der Waals surface area contributed by atoms with Gasteiger partial charge in [-0.25, -0.2) is 0 Å². The molecule has 0 aromatic heterocycles. The zero-order valence-electron chi connectivity index (χ0n) is 17.5. The van der Waals surface area contributed by atoms with Crippen LogP contribution in [0.4, 0.5) is 0 Å². The van der Waals surface area contributed by atoms with E-state index < -0.39 is 6.89 Å². The van der Waals surface area contributed by atoms with Crippen molar-refractivity contribution in [2.75, 3.05) is 13.3 Å². The molecular weight excluding hydrogens is 333 g/mol. The fourth-order valence-electron chi connectivity index (χ4n) is 3.17. The Morgan fingerprint density at radius 3 is 1.52 bits per heavy atom. The molecule has 1 aliphatic heterocycles. The van der Waals surface area contributed by atoms with Crippen LogP contribution in [-0.4, -0.2) is 28.4 Å². The maximum atomic E-state index is 2.60. The Labute approximate surface area is 149 Å². The van der Waals surface area contributed by atoms with Crippen molar-refractivity contribution in [2.24, 2.45) is 16.2 Å². The lowest BCUT2D eigenvalue weighted by Gasteiger charge is -2.43. The van der Waals surface area contributed by atoms with Gasteiger partial charge in [0.1, 0.15) is 0 Å². The summed E-state index contributed by atoms with van der Waals surface area (Å²) in [6.45, 7) is 25.9. The third-order valence-electron chi connectivity index (χ3n) is 5.95. The molecule has 0 aromatic carbocycles. The normalized spacial score (nSPS) is 20.9. The highest BCUT2D eigenvalue weighted by atomic mass is 31.2. The maximum absolute atomic E-state index is 2.60. The van der Waals surface area contributed by atoms with Gasteiger partial charge >= 0.3 is 0 Å². The van der Waals surface area contributed by atoms with Crippen molar-refractivity contribution in [3.05, 3.63) is 0 Å². The minimum atomic E-state index is -1.16. The van der Waals surface area contributed by atoms with E-state index in [1.165, 1.54) is 19.3 Å². The monoisotopic (exact) mass is 372 g/mol. The van der Waals surface area contributed by atoms with Gasteiger partial charge in [0, 0.05) is 5.03 Å². The molecule has 1 heterocycles. The Bertz CT molecular complexity index is 563. The fourth-order valence-corrected chi connectivity index (χ4v) is 13.7.